The van der Waals surface area contributed by atoms with Crippen molar-refractivity contribution in [2.75, 3.05) is 0 Å². The molecule has 1 rings (SSSR count). The van der Waals surface area contributed by atoms with Gasteiger partial charge in [0.15, 0.2) is 11.0 Å². The predicted molar refractivity (Wildman–Crippen MR) is 35.0 cm³/mol. The molecule has 0 aliphatic carbocycles. The maximum atomic E-state index is 12.4. The van der Waals surface area contributed by atoms with Gasteiger partial charge >= 0.3 is 16.4 Å². The summed E-state index contributed by atoms with van der Waals surface area (Å²) < 4.78 is 106. The quantitative estimate of drug-likeness (QED) is 0.652. The molecule has 1 fully saturated rings. The Bertz CT molecular complexity index is 415. The number of halogens is 6. The van der Waals surface area contributed by atoms with Crippen molar-refractivity contribution < 1.29 is 39.0 Å². The lowest BCUT2D eigenvalue weighted by Crippen LogP contribution is -2.68. The molecule has 1 atom stereocenters. The molecular formula is C3HF6NO3S2. The van der Waals surface area contributed by atoms with E-state index >= 15 is 0 Å². The van der Waals surface area contributed by atoms with Crippen LogP contribution < -0.4 is 4.13 Å². The minimum absolute atomic E-state index is 0.256. The highest BCUT2D eigenvalue weighted by Gasteiger charge is 2.83. The maximum absolute atomic E-state index is 12.4. The van der Waals surface area contributed by atoms with Gasteiger partial charge in [-0.05, 0) is 0 Å². The van der Waals surface area contributed by atoms with Crippen molar-refractivity contribution in [3.8, 4) is 0 Å². The van der Waals surface area contributed by atoms with E-state index < -0.39 is 37.4 Å². The Kier molecular flexibility index (Phi) is 2.42. The summed E-state index contributed by atoms with van der Waals surface area (Å²) in [5.41, 5.74) is 0. The first-order chi connectivity index (χ1) is 6.38. The smallest absolute Gasteiger partial charge is 0.235 e. The first-order valence-corrected chi connectivity index (χ1v) is 5.58. The van der Waals surface area contributed by atoms with Crippen LogP contribution in [0.4, 0.5) is 26.3 Å². The van der Waals surface area contributed by atoms with E-state index in [-0.39, 0.29) is 4.13 Å². The zero-order valence-corrected chi connectivity index (χ0v) is 7.94. The third kappa shape index (κ3) is 1.30. The predicted octanol–water partition coefficient (Wildman–Crippen LogP) is 0.404. The van der Waals surface area contributed by atoms with E-state index in [1.807, 2.05) is 0 Å². The number of alkyl halides is 6. The molecule has 1 aliphatic rings. The van der Waals surface area contributed by atoms with Gasteiger partial charge in [-0.25, -0.2) is 12.6 Å². The molecule has 1 heterocycles. The molecule has 0 saturated carbocycles. The molecule has 0 amide bonds. The number of nitrogens with one attached hydrogen (secondary N) is 1. The first-order valence-electron chi connectivity index (χ1n) is 2.95. The van der Waals surface area contributed by atoms with E-state index in [1.54, 1.807) is 0 Å². The third-order valence-corrected chi connectivity index (χ3v) is 4.62. The van der Waals surface area contributed by atoms with E-state index in [1.165, 1.54) is 0 Å². The molecule has 0 aromatic carbocycles. The standard InChI is InChI=1S/C3HF6NO3S2/c4-1(5)2(6,7)14(11)10-15(12,13)3(1,8)9/h10H. The monoisotopic (exact) mass is 277 g/mol. The SMILES string of the molecule is O=S1NS(=O)(=O)C(F)(F)C(F)(F)C1(F)F. The minimum atomic E-state index is -6.24. The summed E-state index contributed by atoms with van der Waals surface area (Å²) in [4.78, 5) is 0. The fourth-order valence-electron chi connectivity index (χ4n) is 0.659. The third-order valence-electron chi connectivity index (χ3n) is 1.49. The van der Waals surface area contributed by atoms with Crippen LogP contribution in [0.1, 0.15) is 0 Å². The molecular weight excluding hydrogens is 276 g/mol. The second-order valence-electron chi connectivity index (χ2n) is 2.46. The van der Waals surface area contributed by atoms with Gasteiger partial charge in [0.2, 0.25) is 0 Å². The number of hydrogen-bond acceptors (Lipinski definition) is 3. The molecule has 90 valence electrons. The van der Waals surface area contributed by atoms with Gasteiger partial charge in [-0.15, -0.1) is 4.13 Å². The van der Waals surface area contributed by atoms with Crippen molar-refractivity contribution in [2.24, 2.45) is 0 Å². The van der Waals surface area contributed by atoms with E-state index in [0.717, 1.165) is 0 Å². The van der Waals surface area contributed by atoms with Gasteiger partial charge in [-0.1, -0.05) is 0 Å². The average molecular weight is 277 g/mol. The van der Waals surface area contributed by atoms with Crippen LogP contribution in [0.5, 0.6) is 0 Å². The summed E-state index contributed by atoms with van der Waals surface area (Å²) in [5.74, 6) is -6.24. The molecule has 0 aromatic heterocycles. The van der Waals surface area contributed by atoms with Crippen molar-refractivity contribution in [1.29, 1.82) is 0 Å². The van der Waals surface area contributed by atoms with Crippen molar-refractivity contribution in [1.82, 2.24) is 4.13 Å². The molecule has 1 N–H and O–H groups in total. The normalized spacial score (nSPS) is 36.0. The van der Waals surface area contributed by atoms with E-state index in [2.05, 4.69) is 0 Å². The zero-order valence-electron chi connectivity index (χ0n) is 6.31. The fraction of sp³-hybridized carbons (Fsp3) is 1.00. The summed E-state index contributed by atoms with van der Waals surface area (Å²) in [6.45, 7) is 0. The lowest BCUT2D eigenvalue weighted by Gasteiger charge is -2.35. The Balaban J connectivity index is 3.50. The number of hydrogen-bond donors (Lipinski definition) is 1. The Morgan fingerprint density at radius 3 is 1.80 bits per heavy atom. The van der Waals surface area contributed by atoms with E-state index in [0.29, 0.717) is 0 Å². The van der Waals surface area contributed by atoms with Crippen LogP contribution in [0.25, 0.3) is 0 Å². The second kappa shape index (κ2) is 2.85. The maximum Gasteiger partial charge on any atom is 0.428 e. The largest absolute Gasteiger partial charge is 0.428 e. The lowest BCUT2D eigenvalue weighted by atomic mass is 10.3. The molecule has 1 unspecified atom stereocenters. The number of rotatable bonds is 0. The van der Waals surface area contributed by atoms with Gasteiger partial charge in [0, 0.05) is 0 Å². The minimum Gasteiger partial charge on any atom is -0.235 e. The van der Waals surface area contributed by atoms with Crippen LogP contribution in [0.2, 0.25) is 0 Å². The molecule has 0 bridgehead atoms. The molecule has 12 heteroatoms. The highest BCUT2D eigenvalue weighted by Crippen LogP contribution is 2.52. The van der Waals surface area contributed by atoms with Gasteiger partial charge in [-0.2, -0.15) is 26.3 Å². The molecule has 15 heavy (non-hydrogen) atoms. The van der Waals surface area contributed by atoms with Crippen LogP contribution in [-0.2, 0) is 21.0 Å². The van der Waals surface area contributed by atoms with Crippen molar-refractivity contribution >= 4 is 21.0 Å². The fourth-order valence-corrected chi connectivity index (χ4v) is 3.18. The Morgan fingerprint density at radius 1 is 1.00 bits per heavy atom. The summed E-state index contributed by atoms with van der Waals surface area (Å²) in [6.07, 6.45) is 0. The topological polar surface area (TPSA) is 63.2 Å². The van der Waals surface area contributed by atoms with Crippen LogP contribution in [0.15, 0.2) is 0 Å². The molecule has 4 nitrogen and oxygen atoms in total. The summed E-state index contributed by atoms with van der Waals surface area (Å²) >= 11 is 0. The van der Waals surface area contributed by atoms with Crippen LogP contribution in [-0.4, -0.2) is 29.1 Å². The summed E-state index contributed by atoms with van der Waals surface area (Å²) in [6, 6.07) is 0. The highest BCUT2D eigenvalue weighted by atomic mass is 32.3. The van der Waals surface area contributed by atoms with Crippen LogP contribution in [0, 0.1) is 0 Å². The van der Waals surface area contributed by atoms with Gasteiger partial charge < -0.3 is 0 Å². The van der Waals surface area contributed by atoms with E-state index in [9.17, 15) is 39.0 Å². The van der Waals surface area contributed by atoms with Gasteiger partial charge in [0.05, 0.1) is 0 Å². The van der Waals surface area contributed by atoms with Crippen LogP contribution >= 0.6 is 0 Å². The van der Waals surface area contributed by atoms with Crippen molar-refractivity contribution in [3.05, 3.63) is 0 Å². The first kappa shape index (κ1) is 12.7. The summed E-state index contributed by atoms with van der Waals surface area (Å²) in [7, 11) is -10.2. The zero-order chi connectivity index (χ0) is 12.3. The lowest BCUT2D eigenvalue weighted by molar-refractivity contribution is -0.245. The second-order valence-corrected chi connectivity index (χ2v) is 5.70. The molecule has 0 spiro atoms. The Morgan fingerprint density at radius 2 is 1.40 bits per heavy atom. The van der Waals surface area contributed by atoms with E-state index in [4.69, 9.17) is 0 Å². The molecule has 1 aliphatic heterocycles. The number of sulfonamides is 1. The Hall–Kier alpha value is -0.360. The average Bonchev–Trinajstić information content (AvgIpc) is 2.00. The van der Waals surface area contributed by atoms with Crippen LogP contribution in [0.3, 0.4) is 0 Å². The van der Waals surface area contributed by atoms with Crippen molar-refractivity contribution in [2.45, 2.75) is 16.4 Å². The molecule has 0 radical (unpaired) electrons. The Labute approximate surface area is 81.3 Å². The molecule has 0 aromatic rings. The van der Waals surface area contributed by atoms with Gasteiger partial charge in [0.1, 0.15) is 0 Å². The highest BCUT2D eigenvalue weighted by molar-refractivity contribution is 8.03. The van der Waals surface area contributed by atoms with Gasteiger partial charge in [0.25, 0.3) is 10.0 Å². The molecule has 1 saturated heterocycles. The van der Waals surface area contributed by atoms with Gasteiger partial charge in [-0.3, -0.25) is 0 Å². The summed E-state index contributed by atoms with van der Waals surface area (Å²) in [5, 5.41) is -11.7. The van der Waals surface area contributed by atoms with Crippen molar-refractivity contribution in [3.63, 3.8) is 0 Å².